The van der Waals surface area contributed by atoms with Crippen LogP contribution < -0.4 is 5.32 Å². The van der Waals surface area contributed by atoms with Crippen LogP contribution >= 0.6 is 11.3 Å². The molecule has 0 aliphatic heterocycles. The predicted molar refractivity (Wildman–Crippen MR) is 105 cm³/mol. The van der Waals surface area contributed by atoms with E-state index >= 15 is 0 Å². The number of urea groups is 1. The summed E-state index contributed by atoms with van der Waals surface area (Å²) in [4.78, 5) is 30.6. The highest BCUT2D eigenvalue weighted by molar-refractivity contribution is 7.09. The first-order valence-electron chi connectivity index (χ1n) is 8.74. The molecule has 1 aliphatic rings. The van der Waals surface area contributed by atoms with E-state index in [1.807, 2.05) is 42.5 Å². The van der Waals surface area contributed by atoms with Crippen molar-refractivity contribution in [2.24, 2.45) is 0 Å². The van der Waals surface area contributed by atoms with Gasteiger partial charge in [0.2, 0.25) is 0 Å². The lowest BCUT2D eigenvalue weighted by Gasteiger charge is -2.22. The Balaban J connectivity index is 1.53. The molecule has 0 saturated heterocycles. The van der Waals surface area contributed by atoms with Gasteiger partial charge in [0.15, 0.2) is 5.69 Å². The number of anilines is 1. The summed E-state index contributed by atoms with van der Waals surface area (Å²) < 4.78 is 4.69. The lowest BCUT2D eigenvalue weighted by molar-refractivity contribution is 0.0594. The van der Waals surface area contributed by atoms with Crippen molar-refractivity contribution in [3.63, 3.8) is 0 Å². The van der Waals surface area contributed by atoms with Crippen molar-refractivity contribution in [3.8, 4) is 0 Å². The largest absolute Gasteiger partial charge is 0.464 e. The van der Waals surface area contributed by atoms with Gasteiger partial charge in [-0.05, 0) is 24.3 Å². The Morgan fingerprint density at radius 2 is 2.00 bits per heavy atom. The molecule has 4 rings (SSSR count). The first-order valence-corrected chi connectivity index (χ1v) is 9.62. The van der Waals surface area contributed by atoms with Crippen LogP contribution in [0.1, 0.15) is 28.3 Å². The van der Waals surface area contributed by atoms with Gasteiger partial charge >= 0.3 is 12.0 Å². The second-order valence-corrected chi connectivity index (χ2v) is 7.38. The van der Waals surface area contributed by atoms with Crippen molar-refractivity contribution in [2.75, 3.05) is 12.4 Å². The number of aromatic nitrogens is 1. The minimum absolute atomic E-state index is 0.149. The zero-order valence-corrected chi connectivity index (χ0v) is 15.7. The maximum atomic E-state index is 12.9. The van der Waals surface area contributed by atoms with Crippen molar-refractivity contribution in [3.05, 3.63) is 58.5 Å². The molecule has 7 heteroatoms. The van der Waals surface area contributed by atoms with E-state index in [9.17, 15) is 9.59 Å². The zero-order valence-electron chi connectivity index (χ0n) is 14.8. The van der Waals surface area contributed by atoms with Gasteiger partial charge in [-0.3, -0.25) is 0 Å². The zero-order chi connectivity index (χ0) is 18.8. The van der Waals surface area contributed by atoms with Crippen LogP contribution in [0.15, 0.2) is 47.8 Å². The summed E-state index contributed by atoms with van der Waals surface area (Å²) in [5.41, 5.74) is 1.07. The second-order valence-electron chi connectivity index (χ2n) is 6.43. The maximum Gasteiger partial charge on any atom is 0.357 e. The average Bonchev–Trinajstić information content (AvgIpc) is 3.43. The molecule has 0 unspecified atom stereocenters. The SMILES string of the molecule is COC(=O)c1csc(CN(C(=O)Nc2cccc3ccccc23)C2CC2)n1. The molecule has 1 N–H and O–H groups in total. The molecule has 2 aromatic carbocycles. The van der Waals surface area contributed by atoms with Crippen molar-refractivity contribution >= 4 is 39.8 Å². The highest BCUT2D eigenvalue weighted by atomic mass is 32.1. The number of carbonyl (C=O) groups excluding carboxylic acids is 2. The van der Waals surface area contributed by atoms with Crippen LogP contribution in [0.5, 0.6) is 0 Å². The maximum absolute atomic E-state index is 12.9. The van der Waals surface area contributed by atoms with Gasteiger partial charge in [-0.1, -0.05) is 36.4 Å². The summed E-state index contributed by atoms with van der Waals surface area (Å²) >= 11 is 1.36. The van der Waals surface area contributed by atoms with Crippen molar-refractivity contribution in [1.82, 2.24) is 9.88 Å². The fourth-order valence-corrected chi connectivity index (χ4v) is 3.76. The van der Waals surface area contributed by atoms with E-state index in [1.54, 1.807) is 10.3 Å². The Morgan fingerprint density at radius 1 is 1.22 bits per heavy atom. The molecule has 1 aliphatic carbocycles. The van der Waals surface area contributed by atoms with Gasteiger partial charge in [0.05, 0.1) is 19.3 Å². The van der Waals surface area contributed by atoms with E-state index < -0.39 is 5.97 Å². The van der Waals surface area contributed by atoms with Crippen molar-refractivity contribution in [2.45, 2.75) is 25.4 Å². The molecule has 0 atom stereocenters. The fraction of sp³-hybridized carbons (Fsp3) is 0.250. The van der Waals surface area contributed by atoms with Crippen molar-refractivity contribution < 1.29 is 14.3 Å². The minimum atomic E-state index is -0.462. The molecule has 0 radical (unpaired) electrons. The number of esters is 1. The van der Waals surface area contributed by atoms with Crippen LogP contribution in [0.3, 0.4) is 0 Å². The number of rotatable bonds is 5. The lowest BCUT2D eigenvalue weighted by atomic mass is 10.1. The number of ether oxygens (including phenoxy) is 1. The third kappa shape index (κ3) is 3.78. The van der Waals surface area contributed by atoms with Gasteiger partial charge < -0.3 is 15.0 Å². The molecule has 27 heavy (non-hydrogen) atoms. The first kappa shape index (κ1) is 17.5. The van der Waals surface area contributed by atoms with Crippen LogP contribution in [0, 0.1) is 0 Å². The van der Waals surface area contributed by atoms with Crippen LogP contribution in [0.4, 0.5) is 10.5 Å². The molecule has 1 aromatic heterocycles. The van der Waals surface area contributed by atoms with Crippen molar-refractivity contribution in [1.29, 1.82) is 0 Å². The molecular formula is C20H19N3O3S. The van der Waals surface area contributed by atoms with E-state index in [4.69, 9.17) is 4.74 Å². The first-order chi connectivity index (χ1) is 13.2. The lowest BCUT2D eigenvalue weighted by Crippen LogP contribution is -2.36. The molecule has 1 fully saturated rings. The Hall–Kier alpha value is -2.93. The van der Waals surface area contributed by atoms with E-state index in [2.05, 4.69) is 10.3 Å². The summed E-state index contributed by atoms with van der Waals surface area (Å²) in [5.74, 6) is -0.462. The van der Waals surface area contributed by atoms with Gasteiger partial charge in [0.25, 0.3) is 0 Å². The van der Waals surface area contributed by atoms with E-state index in [0.717, 1.165) is 34.3 Å². The molecule has 1 saturated carbocycles. The van der Waals surface area contributed by atoms with Crippen LogP contribution in [-0.2, 0) is 11.3 Å². The summed E-state index contributed by atoms with van der Waals surface area (Å²) in [6, 6.07) is 13.9. The topological polar surface area (TPSA) is 71.5 Å². The number of hydrogen-bond donors (Lipinski definition) is 1. The molecule has 138 valence electrons. The van der Waals surface area contributed by atoms with Crippen LogP contribution in [0.2, 0.25) is 0 Å². The number of hydrogen-bond acceptors (Lipinski definition) is 5. The van der Waals surface area contributed by atoms with Gasteiger partial charge in [0, 0.05) is 16.8 Å². The summed E-state index contributed by atoms with van der Waals surface area (Å²) in [5, 5.41) is 7.50. The highest BCUT2D eigenvalue weighted by Gasteiger charge is 2.33. The van der Waals surface area contributed by atoms with E-state index in [0.29, 0.717) is 6.54 Å². The molecule has 1 heterocycles. The van der Waals surface area contributed by atoms with Crippen LogP contribution in [0.25, 0.3) is 10.8 Å². The van der Waals surface area contributed by atoms with Gasteiger partial charge in [-0.25, -0.2) is 14.6 Å². The monoisotopic (exact) mass is 381 g/mol. The molecule has 2 amide bonds. The highest BCUT2D eigenvalue weighted by Crippen LogP contribution is 2.30. The standard InChI is InChI=1S/C20H19N3O3S/c1-26-19(24)17-12-27-18(21-17)11-23(14-9-10-14)20(25)22-16-8-4-6-13-5-2-3-7-15(13)16/h2-8,12,14H,9-11H2,1H3,(H,22,25). The number of fused-ring (bicyclic) bond motifs is 1. The normalized spacial score (nSPS) is 13.4. The van der Waals surface area contributed by atoms with Gasteiger partial charge in [0.1, 0.15) is 5.01 Å². The second kappa shape index (κ2) is 7.36. The third-order valence-corrected chi connectivity index (χ3v) is 5.37. The van der Waals surface area contributed by atoms with E-state index in [-0.39, 0.29) is 17.8 Å². The van der Waals surface area contributed by atoms with Gasteiger partial charge in [-0.15, -0.1) is 11.3 Å². The smallest absolute Gasteiger partial charge is 0.357 e. The predicted octanol–water partition coefficient (Wildman–Crippen LogP) is 4.28. The number of thiazole rings is 1. The minimum Gasteiger partial charge on any atom is -0.464 e. The average molecular weight is 381 g/mol. The third-order valence-electron chi connectivity index (χ3n) is 4.53. The van der Waals surface area contributed by atoms with Crippen LogP contribution in [-0.4, -0.2) is 35.0 Å². The number of nitrogens with zero attached hydrogens (tertiary/aromatic N) is 2. The number of benzene rings is 2. The fourth-order valence-electron chi connectivity index (χ4n) is 3.00. The number of carbonyl (C=O) groups is 2. The molecule has 0 spiro atoms. The Morgan fingerprint density at radius 3 is 2.78 bits per heavy atom. The number of amides is 2. The Bertz CT molecular complexity index is 992. The number of nitrogens with one attached hydrogen (secondary N) is 1. The van der Waals surface area contributed by atoms with E-state index in [1.165, 1.54) is 18.4 Å². The molecule has 3 aromatic rings. The summed E-state index contributed by atoms with van der Waals surface area (Å²) in [6.45, 7) is 0.378. The molecule has 0 bridgehead atoms. The summed E-state index contributed by atoms with van der Waals surface area (Å²) in [6.07, 6.45) is 1.97. The molecule has 6 nitrogen and oxygen atoms in total. The Kier molecular flexibility index (Phi) is 4.77. The van der Waals surface area contributed by atoms with Gasteiger partial charge in [-0.2, -0.15) is 0 Å². The molecular weight excluding hydrogens is 362 g/mol. The Labute approximate surface area is 160 Å². The summed E-state index contributed by atoms with van der Waals surface area (Å²) in [7, 11) is 1.33. The quantitative estimate of drug-likeness (QED) is 0.670. The number of methoxy groups -OCH3 is 1.